The van der Waals surface area contributed by atoms with Gasteiger partial charge in [0.15, 0.2) is 0 Å². The van der Waals surface area contributed by atoms with Crippen molar-refractivity contribution in [3.05, 3.63) is 34.3 Å². The summed E-state index contributed by atoms with van der Waals surface area (Å²) in [5.74, 6) is 0. The molecule has 4 heteroatoms. The zero-order valence-corrected chi connectivity index (χ0v) is 9.59. The van der Waals surface area contributed by atoms with Crippen molar-refractivity contribution < 1.29 is 5.11 Å². The highest BCUT2D eigenvalue weighted by molar-refractivity contribution is 6.30. The van der Waals surface area contributed by atoms with Crippen molar-refractivity contribution in [2.45, 2.75) is 13.0 Å². The molecule has 1 rings (SSSR count). The second-order valence-electron chi connectivity index (χ2n) is 3.47. The molecule has 1 aromatic rings. The molecule has 3 nitrogen and oxygen atoms in total. The number of rotatable bonds is 5. The van der Waals surface area contributed by atoms with Crippen molar-refractivity contribution in [1.82, 2.24) is 5.32 Å². The Bertz CT molecular complexity index is 317. The zero-order chi connectivity index (χ0) is 11.3. The van der Waals surface area contributed by atoms with E-state index in [4.69, 9.17) is 22.4 Å². The van der Waals surface area contributed by atoms with Crippen molar-refractivity contribution >= 4 is 11.6 Å². The first kappa shape index (κ1) is 12.5. The van der Waals surface area contributed by atoms with Gasteiger partial charge in [-0.15, -0.1) is 0 Å². The molecule has 1 unspecified atom stereocenters. The predicted molar refractivity (Wildman–Crippen MR) is 63.1 cm³/mol. The minimum absolute atomic E-state index is 0.0782. The highest BCUT2D eigenvalue weighted by atomic mass is 35.5. The van der Waals surface area contributed by atoms with E-state index in [1.807, 2.05) is 25.1 Å². The molecule has 0 spiro atoms. The van der Waals surface area contributed by atoms with Crippen molar-refractivity contribution in [2.75, 3.05) is 19.7 Å². The minimum Gasteiger partial charge on any atom is -0.395 e. The summed E-state index contributed by atoms with van der Waals surface area (Å²) in [6.45, 7) is 3.17. The van der Waals surface area contributed by atoms with Crippen LogP contribution in [0.4, 0.5) is 0 Å². The normalized spacial score (nSPS) is 12.8. The maximum atomic E-state index is 8.75. The predicted octanol–water partition coefficient (Wildman–Crippen LogP) is 1.23. The number of benzene rings is 1. The molecule has 0 aliphatic carbocycles. The molecule has 0 amide bonds. The summed E-state index contributed by atoms with van der Waals surface area (Å²) in [4.78, 5) is 0. The Morgan fingerprint density at radius 2 is 2.27 bits per heavy atom. The summed E-state index contributed by atoms with van der Waals surface area (Å²) < 4.78 is 0. The van der Waals surface area contributed by atoms with E-state index in [1.165, 1.54) is 0 Å². The van der Waals surface area contributed by atoms with Gasteiger partial charge in [0.1, 0.15) is 0 Å². The van der Waals surface area contributed by atoms with E-state index in [9.17, 15) is 0 Å². The van der Waals surface area contributed by atoms with E-state index in [0.717, 1.165) is 16.1 Å². The molecule has 0 aliphatic heterocycles. The van der Waals surface area contributed by atoms with Crippen LogP contribution in [0, 0.1) is 6.92 Å². The van der Waals surface area contributed by atoms with Gasteiger partial charge in [0.2, 0.25) is 0 Å². The second kappa shape index (κ2) is 6.08. The van der Waals surface area contributed by atoms with E-state index >= 15 is 0 Å². The first-order valence-electron chi connectivity index (χ1n) is 4.99. The molecular weight excluding hydrogens is 212 g/mol. The van der Waals surface area contributed by atoms with Crippen LogP contribution in [0.5, 0.6) is 0 Å². The molecule has 0 bridgehead atoms. The van der Waals surface area contributed by atoms with Crippen molar-refractivity contribution in [2.24, 2.45) is 5.73 Å². The van der Waals surface area contributed by atoms with Crippen molar-refractivity contribution in [3.63, 3.8) is 0 Å². The Balaban J connectivity index is 2.81. The monoisotopic (exact) mass is 228 g/mol. The molecule has 0 saturated carbocycles. The third-order valence-corrected chi connectivity index (χ3v) is 2.58. The lowest BCUT2D eigenvalue weighted by atomic mass is 10.0. The molecule has 0 saturated heterocycles. The Hall–Kier alpha value is -0.610. The van der Waals surface area contributed by atoms with Gasteiger partial charge in [-0.2, -0.15) is 0 Å². The van der Waals surface area contributed by atoms with Crippen LogP contribution in [0.1, 0.15) is 17.2 Å². The van der Waals surface area contributed by atoms with Gasteiger partial charge in [0, 0.05) is 24.2 Å². The summed E-state index contributed by atoms with van der Waals surface area (Å²) in [7, 11) is 0. The summed E-state index contributed by atoms with van der Waals surface area (Å²) >= 11 is 5.88. The zero-order valence-electron chi connectivity index (χ0n) is 8.83. The molecule has 0 heterocycles. The Morgan fingerprint density at radius 3 is 2.80 bits per heavy atom. The van der Waals surface area contributed by atoms with Crippen LogP contribution in [-0.2, 0) is 0 Å². The molecule has 4 N–H and O–H groups in total. The molecule has 0 aliphatic rings. The van der Waals surface area contributed by atoms with Gasteiger partial charge in [-0.1, -0.05) is 17.7 Å². The maximum absolute atomic E-state index is 8.75. The van der Waals surface area contributed by atoms with E-state index in [2.05, 4.69) is 5.32 Å². The number of aliphatic hydroxyl groups excluding tert-OH is 1. The van der Waals surface area contributed by atoms with Gasteiger partial charge in [-0.25, -0.2) is 0 Å². The van der Waals surface area contributed by atoms with E-state index < -0.39 is 0 Å². The number of hydrogen-bond donors (Lipinski definition) is 3. The Labute approximate surface area is 95.2 Å². The Morgan fingerprint density at radius 1 is 1.53 bits per heavy atom. The molecule has 15 heavy (non-hydrogen) atoms. The quantitative estimate of drug-likeness (QED) is 0.711. The van der Waals surface area contributed by atoms with E-state index in [-0.39, 0.29) is 12.6 Å². The van der Waals surface area contributed by atoms with Crippen LogP contribution < -0.4 is 11.1 Å². The van der Waals surface area contributed by atoms with Gasteiger partial charge in [0.05, 0.1) is 6.61 Å². The molecule has 0 fully saturated rings. The summed E-state index contributed by atoms with van der Waals surface area (Å²) in [5, 5.41) is 12.7. The third kappa shape index (κ3) is 3.47. The van der Waals surface area contributed by atoms with Crippen LogP contribution in [0.15, 0.2) is 18.2 Å². The van der Waals surface area contributed by atoms with Gasteiger partial charge in [-0.3, -0.25) is 0 Å². The lowest BCUT2D eigenvalue weighted by Gasteiger charge is -2.18. The highest BCUT2D eigenvalue weighted by Crippen LogP contribution is 2.20. The van der Waals surface area contributed by atoms with Crippen molar-refractivity contribution in [3.8, 4) is 0 Å². The average Bonchev–Trinajstić information content (AvgIpc) is 2.21. The summed E-state index contributed by atoms with van der Waals surface area (Å²) in [5.41, 5.74) is 7.92. The van der Waals surface area contributed by atoms with Crippen LogP contribution in [0.25, 0.3) is 0 Å². The van der Waals surface area contributed by atoms with Gasteiger partial charge < -0.3 is 16.2 Å². The smallest absolute Gasteiger partial charge is 0.0556 e. The number of aliphatic hydroxyl groups is 1. The average molecular weight is 229 g/mol. The summed E-state index contributed by atoms with van der Waals surface area (Å²) in [6, 6.07) is 5.82. The lowest BCUT2D eigenvalue weighted by molar-refractivity contribution is 0.285. The van der Waals surface area contributed by atoms with Crippen LogP contribution >= 0.6 is 11.6 Å². The first-order chi connectivity index (χ1) is 7.19. The Kier molecular flexibility index (Phi) is 5.05. The molecule has 0 radical (unpaired) electrons. The number of halogens is 1. The van der Waals surface area contributed by atoms with Gasteiger partial charge in [0.25, 0.3) is 0 Å². The van der Waals surface area contributed by atoms with Crippen LogP contribution in [0.3, 0.4) is 0 Å². The fraction of sp³-hybridized carbons (Fsp3) is 0.455. The fourth-order valence-electron chi connectivity index (χ4n) is 1.59. The SMILES string of the molecule is Cc1cc(Cl)ccc1C(CN)NCCO. The fourth-order valence-corrected chi connectivity index (χ4v) is 1.82. The third-order valence-electron chi connectivity index (χ3n) is 2.35. The maximum Gasteiger partial charge on any atom is 0.0556 e. The first-order valence-corrected chi connectivity index (χ1v) is 5.37. The minimum atomic E-state index is 0.0782. The number of aryl methyl sites for hydroxylation is 1. The topological polar surface area (TPSA) is 58.3 Å². The van der Waals surface area contributed by atoms with Crippen LogP contribution in [0.2, 0.25) is 5.02 Å². The molecule has 84 valence electrons. The molecule has 1 aromatic carbocycles. The van der Waals surface area contributed by atoms with Gasteiger partial charge >= 0.3 is 0 Å². The molecular formula is C11H17ClN2O. The summed E-state index contributed by atoms with van der Waals surface area (Å²) in [6.07, 6.45) is 0. The number of hydrogen-bond acceptors (Lipinski definition) is 3. The standard InChI is InChI=1S/C11H17ClN2O/c1-8-6-9(12)2-3-10(8)11(7-13)14-4-5-15/h2-3,6,11,14-15H,4-5,7,13H2,1H3. The largest absolute Gasteiger partial charge is 0.395 e. The van der Waals surface area contributed by atoms with E-state index in [1.54, 1.807) is 0 Å². The second-order valence-corrected chi connectivity index (χ2v) is 3.90. The molecule has 1 atom stereocenters. The highest BCUT2D eigenvalue weighted by Gasteiger charge is 2.10. The molecule has 0 aromatic heterocycles. The van der Waals surface area contributed by atoms with Crippen molar-refractivity contribution in [1.29, 1.82) is 0 Å². The number of nitrogens with one attached hydrogen (secondary N) is 1. The van der Waals surface area contributed by atoms with Gasteiger partial charge in [-0.05, 0) is 30.2 Å². The lowest BCUT2D eigenvalue weighted by Crippen LogP contribution is -2.30. The van der Waals surface area contributed by atoms with E-state index in [0.29, 0.717) is 13.1 Å². The van der Waals surface area contributed by atoms with Crippen LogP contribution in [-0.4, -0.2) is 24.8 Å². The number of nitrogens with two attached hydrogens (primary N) is 1.